The van der Waals surface area contributed by atoms with Crippen LogP contribution in [0.4, 0.5) is 0 Å². The molecule has 0 saturated heterocycles. The van der Waals surface area contributed by atoms with Gasteiger partial charge in [0.1, 0.15) is 6.04 Å². The van der Waals surface area contributed by atoms with Gasteiger partial charge in [-0.3, -0.25) is 4.99 Å². The van der Waals surface area contributed by atoms with Gasteiger partial charge in [0.2, 0.25) is 3.98 Å². The van der Waals surface area contributed by atoms with Crippen LogP contribution in [-0.2, 0) is 13.7 Å². The molecule has 0 aromatic rings. The Morgan fingerprint density at radius 3 is 2.56 bits per heavy atom. The molecule has 6 N–H and O–H groups in total. The first-order chi connectivity index (χ1) is 7.43. The van der Waals surface area contributed by atoms with E-state index in [1.165, 1.54) is 0 Å². The third-order valence-electron chi connectivity index (χ3n) is 1.44. The van der Waals surface area contributed by atoms with Gasteiger partial charge >= 0.3 is 20.8 Å². The molecular formula is C6H13BrN4O5. The molecule has 0 aliphatic carbocycles. The van der Waals surface area contributed by atoms with Crippen LogP contribution in [0.25, 0.3) is 0 Å². The summed E-state index contributed by atoms with van der Waals surface area (Å²) in [5.41, 5.74) is 15.5. The van der Waals surface area contributed by atoms with E-state index in [0.717, 1.165) is 0 Å². The third kappa shape index (κ3) is 8.38. The normalized spacial score (nSPS) is 12.2. The van der Waals surface area contributed by atoms with Crippen LogP contribution < -0.4 is 25.6 Å². The highest BCUT2D eigenvalue weighted by molar-refractivity contribution is 5.75. The van der Waals surface area contributed by atoms with Crippen molar-refractivity contribution in [3.8, 4) is 0 Å². The molecule has 9 nitrogen and oxygen atoms in total. The predicted molar refractivity (Wildman–Crippen MR) is 45.1 cm³/mol. The van der Waals surface area contributed by atoms with Crippen molar-refractivity contribution in [3.05, 3.63) is 0 Å². The van der Waals surface area contributed by atoms with Crippen molar-refractivity contribution in [2.75, 3.05) is 6.54 Å². The summed E-state index contributed by atoms with van der Waals surface area (Å²) in [4.78, 5) is 18.5. The molecule has 0 fully saturated rings. The van der Waals surface area contributed by atoms with Gasteiger partial charge in [0.05, 0.1) is 0 Å². The second kappa shape index (κ2) is 8.24. The Labute approximate surface area is 96.9 Å². The lowest BCUT2D eigenvalue weighted by molar-refractivity contribution is -1.64. The van der Waals surface area contributed by atoms with E-state index in [0.29, 0.717) is 13.0 Å². The Morgan fingerprint density at radius 2 is 2.06 bits per heavy atom. The van der Waals surface area contributed by atoms with Gasteiger partial charge < -0.3 is 25.6 Å². The number of nitrogens with zero attached hydrogens (tertiary/aromatic N) is 1. The summed E-state index contributed by atoms with van der Waals surface area (Å²) < 4.78 is 23.6. The minimum Gasteiger partial charge on any atom is -0.370 e. The lowest BCUT2D eigenvalue weighted by Crippen LogP contribution is -2.38. The van der Waals surface area contributed by atoms with E-state index in [9.17, 15) is 13.2 Å². The van der Waals surface area contributed by atoms with Crippen molar-refractivity contribution in [1.29, 1.82) is 0 Å². The molecule has 0 saturated carbocycles. The molecule has 0 heterocycles. The zero-order valence-corrected chi connectivity index (χ0v) is 9.88. The van der Waals surface area contributed by atoms with Crippen LogP contribution >= 0.6 is 0 Å². The zero-order valence-electron chi connectivity index (χ0n) is 8.30. The number of hydrogen-bond acceptors (Lipinski definition) is 7. The van der Waals surface area contributed by atoms with Gasteiger partial charge in [-0.1, -0.05) is 0 Å². The summed E-state index contributed by atoms with van der Waals surface area (Å²) in [5, 5.41) is 0. The Bertz CT molecular complexity index is 245. The molecule has 0 radical (unpaired) electrons. The number of aliphatic imine (C=N–C) groups is 1. The van der Waals surface area contributed by atoms with Gasteiger partial charge in [0.15, 0.2) is 5.96 Å². The van der Waals surface area contributed by atoms with E-state index in [1.807, 2.05) is 0 Å². The number of hydrogen-bond donors (Lipinski definition) is 3. The molecule has 0 amide bonds. The van der Waals surface area contributed by atoms with E-state index in [-0.39, 0.29) is 12.4 Å². The molecule has 0 unspecified atom stereocenters. The summed E-state index contributed by atoms with van der Waals surface area (Å²) in [6.45, 7) is 0.322. The Kier molecular flexibility index (Phi) is 7.76. The van der Waals surface area contributed by atoms with Crippen LogP contribution in [-0.4, -0.2) is 24.5 Å². The summed E-state index contributed by atoms with van der Waals surface area (Å²) in [7, 11) is 0. The molecule has 0 aromatic carbocycles. The number of halogens is 1. The third-order valence-corrected chi connectivity index (χ3v) is 1.78. The quantitative estimate of drug-likeness (QED) is 0.140. The predicted octanol–water partition coefficient (Wildman–Crippen LogP) is -4.07. The second-order valence-electron chi connectivity index (χ2n) is 2.71. The molecule has 1 atom stereocenters. The smallest absolute Gasteiger partial charge is 0.370 e. The standard InChI is InChI=1S/C6H13BrN4O5/c8-4(2-1-3-11-6(9)10)5(12)15-16-7(13)14/h4H,1-3,8H2,(H4,9,10,11)/t4-/m1/s1. The van der Waals surface area contributed by atoms with Crippen molar-refractivity contribution >= 4 is 11.9 Å². The minimum absolute atomic E-state index is 0.0514. The Hall–Kier alpha value is -0.940. The molecule has 10 heteroatoms. The fraction of sp³-hybridized carbons (Fsp3) is 0.667. The van der Waals surface area contributed by atoms with Crippen LogP contribution in [0.2, 0.25) is 0 Å². The lowest BCUT2D eigenvalue weighted by atomic mass is 10.2. The summed E-state index contributed by atoms with van der Waals surface area (Å²) in [6.07, 6.45) is 0.708. The van der Waals surface area contributed by atoms with Gasteiger partial charge in [0.25, 0.3) is 0 Å². The maximum absolute atomic E-state index is 11.0. The molecule has 0 rings (SSSR count). The van der Waals surface area contributed by atoms with Crippen LogP contribution in [0, 0.1) is 14.8 Å². The second-order valence-corrected chi connectivity index (χ2v) is 3.77. The average Bonchev–Trinajstić information content (AvgIpc) is 2.20. The highest BCUT2D eigenvalue weighted by atomic mass is 80.0. The largest absolute Gasteiger partial charge is 0.497 e. The molecule has 94 valence electrons. The molecule has 16 heavy (non-hydrogen) atoms. The Morgan fingerprint density at radius 1 is 1.44 bits per heavy atom. The van der Waals surface area contributed by atoms with Gasteiger partial charge in [-0.05, 0) is 12.8 Å². The molecule has 0 aliphatic rings. The van der Waals surface area contributed by atoms with Crippen molar-refractivity contribution in [3.63, 3.8) is 0 Å². The van der Waals surface area contributed by atoms with Crippen LogP contribution in [0.15, 0.2) is 4.99 Å². The van der Waals surface area contributed by atoms with Gasteiger partial charge in [-0.2, -0.15) is 0 Å². The molecular weight excluding hydrogens is 288 g/mol. The number of nitrogens with two attached hydrogens (primary N) is 3. The van der Waals surface area contributed by atoms with Gasteiger partial charge in [0, 0.05) is 6.54 Å². The van der Waals surface area contributed by atoms with E-state index in [4.69, 9.17) is 17.2 Å². The van der Waals surface area contributed by atoms with Gasteiger partial charge in [-0.25, -0.2) is 9.68 Å². The molecule has 0 bridgehead atoms. The van der Waals surface area contributed by atoms with Crippen LogP contribution in [0.1, 0.15) is 12.8 Å². The SMILES string of the molecule is NC(N)=NCCC[C@@H](N)C(=O)OO[Br+2]([O-])[O-]. The number of rotatable bonds is 7. The molecule has 0 spiro atoms. The Balaban J connectivity index is 3.67. The fourth-order valence-electron chi connectivity index (χ4n) is 0.756. The molecule has 0 aromatic heterocycles. The van der Waals surface area contributed by atoms with Crippen LogP contribution in [0.3, 0.4) is 0 Å². The first kappa shape index (κ1) is 15.1. The number of guanidine groups is 1. The van der Waals surface area contributed by atoms with E-state index >= 15 is 0 Å². The topological polar surface area (TPSA) is 172 Å². The lowest BCUT2D eigenvalue weighted by Gasteiger charge is -2.05. The highest BCUT2D eigenvalue weighted by Gasteiger charge is 2.22. The van der Waals surface area contributed by atoms with Crippen molar-refractivity contribution in [2.45, 2.75) is 18.9 Å². The summed E-state index contributed by atoms with van der Waals surface area (Å²) >= 11 is -3.57. The maximum atomic E-state index is 11.0. The van der Waals surface area contributed by atoms with E-state index < -0.39 is 26.8 Å². The van der Waals surface area contributed by atoms with Crippen molar-refractivity contribution < 1.29 is 36.9 Å². The summed E-state index contributed by atoms with van der Waals surface area (Å²) in [6, 6.07) is -0.976. The first-order valence-corrected chi connectivity index (χ1v) is 6.13. The summed E-state index contributed by atoms with van der Waals surface area (Å²) in [5.74, 6) is -1.01. The number of carbonyl (C=O) groups excluding carboxylic acids is 1. The molecule has 0 aliphatic heterocycles. The average molecular weight is 301 g/mol. The van der Waals surface area contributed by atoms with E-state index in [2.05, 4.69) is 13.9 Å². The fourth-order valence-corrected chi connectivity index (χ4v) is 0.994. The zero-order chi connectivity index (χ0) is 12.6. The van der Waals surface area contributed by atoms with Crippen molar-refractivity contribution in [1.82, 2.24) is 0 Å². The maximum Gasteiger partial charge on any atom is 0.497 e. The van der Waals surface area contributed by atoms with Gasteiger partial charge in [-0.15, -0.1) is 0 Å². The first-order valence-electron chi connectivity index (χ1n) is 4.19. The highest BCUT2D eigenvalue weighted by Crippen LogP contribution is 1.98. The van der Waals surface area contributed by atoms with Crippen molar-refractivity contribution in [2.24, 2.45) is 22.2 Å². The van der Waals surface area contributed by atoms with E-state index in [1.54, 1.807) is 0 Å². The monoisotopic (exact) mass is 300 g/mol. The van der Waals surface area contributed by atoms with Crippen LogP contribution in [0.5, 0.6) is 0 Å². The minimum atomic E-state index is -3.57. The number of carbonyl (C=O) groups is 1.